The van der Waals surface area contributed by atoms with Gasteiger partial charge in [0.25, 0.3) is 5.95 Å². The molecule has 2 saturated carbocycles. The van der Waals surface area contributed by atoms with Gasteiger partial charge in [-0.15, -0.1) is 6.58 Å². The number of ether oxygens (including phenoxy) is 3. The van der Waals surface area contributed by atoms with Crippen molar-refractivity contribution in [2.24, 2.45) is 28.6 Å². The van der Waals surface area contributed by atoms with Crippen molar-refractivity contribution in [3.05, 3.63) is 24.7 Å². The molecule has 2 saturated heterocycles. The highest BCUT2D eigenvalue weighted by Gasteiger charge is 2.78. The van der Waals surface area contributed by atoms with Crippen LogP contribution >= 0.6 is 0 Å². The molecule has 3 aliphatic heterocycles. The lowest BCUT2D eigenvalue weighted by atomic mass is 9.33. The number of cyclic esters (lactones) is 1. The van der Waals surface area contributed by atoms with Gasteiger partial charge in [0, 0.05) is 16.6 Å². The normalized spacial score (nSPS) is 48.5. The average Bonchev–Trinajstić information content (AvgIpc) is 2.65. The number of esters is 2. The highest BCUT2D eigenvalue weighted by atomic mass is 16.7. The number of carbonyl (C=O) groups excluding carboxylic acids is 2. The molecule has 4 fully saturated rings. The second kappa shape index (κ2) is 4.96. The van der Waals surface area contributed by atoms with Crippen molar-refractivity contribution in [3.63, 3.8) is 0 Å². The van der Waals surface area contributed by atoms with Crippen molar-refractivity contribution < 1.29 is 23.8 Å². The van der Waals surface area contributed by atoms with Crippen LogP contribution in [0.15, 0.2) is 24.7 Å². The first-order valence-corrected chi connectivity index (χ1v) is 9.41. The fraction of sp³-hybridized carbons (Fsp3) is 0.700. The van der Waals surface area contributed by atoms with Gasteiger partial charge >= 0.3 is 11.9 Å². The predicted octanol–water partition coefficient (Wildman–Crippen LogP) is 2.38. The molecule has 1 spiro atoms. The van der Waals surface area contributed by atoms with Gasteiger partial charge in [0.2, 0.25) is 0 Å². The van der Waals surface area contributed by atoms with Gasteiger partial charge in [0.1, 0.15) is 19.4 Å². The van der Waals surface area contributed by atoms with Gasteiger partial charge in [-0.05, 0) is 30.8 Å². The topological polar surface area (TPSA) is 61.8 Å². The van der Waals surface area contributed by atoms with Gasteiger partial charge in [0.15, 0.2) is 0 Å². The Labute approximate surface area is 155 Å². The maximum Gasteiger partial charge on any atom is 0.321 e. The third kappa shape index (κ3) is 1.78. The lowest BCUT2D eigenvalue weighted by Crippen LogP contribution is -2.75. The molecule has 6 atom stereocenters. The van der Waals surface area contributed by atoms with Gasteiger partial charge < -0.3 is 14.2 Å². The largest absolute Gasteiger partial charge is 0.469 e. The molecule has 0 aromatic rings. The molecule has 2 bridgehead atoms. The number of fused-ring (bicyclic) bond motifs is 1. The molecule has 0 aromatic carbocycles. The standard InChI is InChI=1S/C20H27BO5/c1-6-18(4)8-7-12-17(2,3)11-9-19(21)10-13(24-5)25-16(23)14(18)20(12,19)26-15(11)22/h6,10-12,14H,1,7-9,21H2,2-5H3/t11-,12+,14+,18-,19?,20-/m1/s1. The van der Waals surface area contributed by atoms with Crippen LogP contribution in [-0.2, 0) is 23.8 Å². The van der Waals surface area contributed by atoms with E-state index in [1.54, 1.807) is 0 Å². The Hall–Kier alpha value is -1.72. The molecule has 5 rings (SSSR count). The number of hydrogen-bond acceptors (Lipinski definition) is 5. The Bertz CT molecular complexity index is 742. The first-order chi connectivity index (χ1) is 12.1. The average molecular weight is 358 g/mol. The Morgan fingerprint density at radius 3 is 2.62 bits per heavy atom. The van der Waals surface area contributed by atoms with Gasteiger partial charge in [0.05, 0.1) is 13.0 Å². The van der Waals surface area contributed by atoms with E-state index in [1.165, 1.54) is 7.11 Å². The van der Waals surface area contributed by atoms with Gasteiger partial charge in [-0.1, -0.05) is 26.8 Å². The molecule has 140 valence electrons. The summed E-state index contributed by atoms with van der Waals surface area (Å²) in [6.07, 6.45) is 6.04. The van der Waals surface area contributed by atoms with E-state index in [9.17, 15) is 9.59 Å². The number of carbonyl (C=O) groups is 2. The van der Waals surface area contributed by atoms with Crippen molar-refractivity contribution in [3.8, 4) is 0 Å². The third-order valence-corrected chi connectivity index (χ3v) is 7.99. The first-order valence-electron chi connectivity index (χ1n) is 9.41. The molecule has 3 heterocycles. The van der Waals surface area contributed by atoms with Crippen LogP contribution in [0, 0.1) is 28.6 Å². The zero-order valence-corrected chi connectivity index (χ0v) is 16.3. The van der Waals surface area contributed by atoms with Crippen LogP contribution in [0.5, 0.6) is 0 Å². The Balaban J connectivity index is 2.04. The number of hydrogen-bond donors (Lipinski definition) is 0. The minimum Gasteiger partial charge on any atom is -0.469 e. The lowest BCUT2D eigenvalue weighted by Gasteiger charge is -2.70. The van der Waals surface area contributed by atoms with E-state index >= 15 is 0 Å². The quantitative estimate of drug-likeness (QED) is 0.431. The van der Waals surface area contributed by atoms with Gasteiger partial charge in [-0.25, -0.2) is 0 Å². The van der Waals surface area contributed by atoms with E-state index in [2.05, 4.69) is 28.3 Å². The SMILES string of the molecule is BC12C=C(OC)OC(=O)[C@@H]3[C@@]14OC(=O)[C@@H](C2)C(C)(C)[C@@H]4CC[C@@]3(C)C=C. The molecule has 6 heteroatoms. The molecule has 0 amide bonds. The van der Waals surface area contributed by atoms with Gasteiger partial charge in [-0.2, -0.15) is 0 Å². The molecule has 1 unspecified atom stereocenters. The Morgan fingerprint density at radius 1 is 1.31 bits per heavy atom. The lowest BCUT2D eigenvalue weighted by molar-refractivity contribution is -0.274. The fourth-order valence-electron chi connectivity index (χ4n) is 6.50. The second-order valence-corrected chi connectivity index (χ2v) is 9.53. The van der Waals surface area contributed by atoms with E-state index in [-0.39, 0.29) is 29.2 Å². The van der Waals surface area contributed by atoms with E-state index < -0.39 is 28.2 Å². The van der Waals surface area contributed by atoms with E-state index in [0.29, 0.717) is 6.42 Å². The molecule has 5 aliphatic rings. The minimum atomic E-state index is -0.944. The van der Waals surface area contributed by atoms with Crippen LogP contribution in [0.25, 0.3) is 0 Å². The molecule has 0 aromatic heterocycles. The minimum absolute atomic E-state index is 0.0782. The molecule has 5 nitrogen and oxygen atoms in total. The van der Waals surface area contributed by atoms with Crippen molar-refractivity contribution in [2.45, 2.75) is 50.9 Å². The first kappa shape index (κ1) is 17.7. The second-order valence-electron chi connectivity index (χ2n) is 9.53. The molecular formula is C20H27BO5. The van der Waals surface area contributed by atoms with Crippen LogP contribution < -0.4 is 0 Å². The molecule has 2 aliphatic carbocycles. The summed E-state index contributed by atoms with van der Waals surface area (Å²) in [4.78, 5) is 26.2. The van der Waals surface area contributed by atoms with Crippen molar-refractivity contribution >= 4 is 19.8 Å². The molecule has 0 radical (unpaired) electrons. The van der Waals surface area contributed by atoms with Crippen LogP contribution in [0.1, 0.15) is 40.0 Å². The van der Waals surface area contributed by atoms with E-state index in [0.717, 1.165) is 12.8 Å². The number of rotatable bonds is 2. The molecule has 0 N–H and O–H groups in total. The summed E-state index contributed by atoms with van der Waals surface area (Å²) >= 11 is 0. The smallest absolute Gasteiger partial charge is 0.321 e. The Kier molecular flexibility index (Phi) is 3.37. The summed E-state index contributed by atoms with van der Waals surface area (Å²) in [5, 5.41) is -0.529. The number of methoxy groups -OCH3 is 1. The summed E-state index contributed by atoms with van der Waals surface area (Å²) in [7, 11) is 3.58. The summed E-state index contributed by atoms with van der Waals surface area (Å²) in [5.41, 5.74) is -1.69. The molecular weight excluding hydrogens is 331 g/mol. The monoisotopic (exact) mass is 358 g/mol. The molecule has 26 heavy (non-hydrogen) atoms. The highest BCUT2D eigenvalue weighted by Crippen LogP contribution is 2.74. The number of allylic oxidation sites excluding steroid dienone is 1. The predicted molar refractivity (Wildman–Crippen MR) is 97.7 cm³/mol. The summed E-state index contributed by atoms with van der Waals surface area (Å²) in [6.45, 7) is 10.3. The van der Waals surface area contributed by atoms with E-state index in [1.807, 2.05) is 19.1 Å². The summed E-state index contributed by atoms with van der Waals surface area (Å²) < 4.78 is 17.2. The zero-order valence-electron chi connectivity index (χ0n) is 16.3. The maximum atomic E-state index is 13.3. The van der Waals surface area contributed by atoms with Crippen molar-refractivity contribution in [2.75, 3.05) is 7.11 Å². The van der Waals surface area contributed by atoms with Crippen LogP contribution in [0.2, 0.25) is 5.31 Å². The van der Waals surface area contributed by atoms with Gasteiger partial charge in [-0.3, -0.25) is 9.59 Å². The summed E-state index contributed by atoms with van der Waals surface area (Å²) in [6, 6.07) is 0. The third-order valence-electron chi connectivity index (χ3n) is 7.99. The Morgan fingerprint density at radius 2 is 2.00 bits per heavy atom. The van der Waals surface area contributed by atoms with E-state index in [4.69, 9.17) is 14.2 Å². The van der Waals surface area contributed by atoms with Crippen LogP contribution in [0.4, 0.5) is 0 Å². The van der Waals surface area contributed by atoms with Crippen LogP contribution in [-0.4, -0.2) is 32.5 Å². The maximum absolute atomic E-state index is 13.3. The van der Waals surface area contributed by atoms with Crippen molar-refractivity contribution in [1.82, 2.24) is 0 Å². The van der Waals surface area contributed by atoms with Crippen molar-refractivity contribution in [1.29, 1.82) is 0 Å². The summed E-state index contributed by atoms with van der Waals surface area (Å²) in [5.74, 6) is -1.11. The highest BCUT2D eigenvalue weighted by molar-refractivity contribution is 6.19. The fourth-order valence-corrected chi connectivity index (χ4v) is 6.50. The van der Waals surface area contributed by atoms with Crippen LogP contribution in [0.3, 0.4) is 0 Å². The zero-order chi connectivity index (χ0) is 19.1.